The normalized spacial score (nSPS) is 10.5. The Kier molecular flexibility index (Phi) is 5.53. The van der Waals surface area contributed by atoms with Crippen LogP contribution in [0.25, 0.3) is 0 Å². The zero-order chi connectivity index (χ0) is 14.2. The molecule has 4 heteroatoms. The molecule has 2 aromatic rings. The number of rotatable bonds is 7. The Morgan fingerprint density at radius 1 is 1.20 bits per heavy atom. The van der Waals surface area contributed by atoms with Gasteiger partial charge in [-0.05, 0) is 30.7 Å². The Morgan fingerprint density at radius 2 is 2.10 bits per heavy atom. The number of aryl methyl sites for hydroxylation is 1. The second-order valence-electron chi connectivity index (χ2n) is 4.56. The van der Waals surface area contributed by atoms with Gasteiger partial charge >= 0.3 is 0 Å². The lowest BCUT2D eigenvalue weighted by Crippen LogP contribution is -2.19. The van der Waals surface area contributed by atoms with Gasteiger partial charge in [-0.1, -0.05) is 18.2 Å². The van der Waals surface area contributed by atoms with E-state index in [1.165, 1.54) is 5.56 Å². The summed E-state index contributed by atoms with van der Waals surface area (Å²) in [5, 5.41) is 3.30. The van der Waals surface area contributed by atoms with Crippen molar-refractivity contribution in [3.05, 3.63) is 53.7 Å². The maximum Gasteiger partial charge on any atom is 0.223 e. The quantitative estimate of drug-likeness (QED) is 0.787. The summed E-state index contributed by atoms with van der Waals surface area (Å²) in [5.41, 5.74) is 2.20. The molecule has 1 aromatic carbocycles. The molecule has 2 rings (SSSR count). The first-order chi connectivity index (χ1) is 9.79. The van der Waals surface area contributed by atoms with Gasteiger partial charge in [0.2, 0.25) is 5.88 Å². The van der Waals surface area contributed by atoms with Crippen LogP contribution in [-0.4, -0.2) is 25.2 Å². The number of aromatic nitrogens is 1. The average Bonchev–Trinajstić information content (AvgIpc) is 2.45. The number of pyridine rings is 1. The molecular formula is C16H20N2O2. The smallest absolute Gasteiger partial charge is 0.223 e. The van der Waals surface area contributed by atoms with Crippen LogP contribution in [0.3, 0.4) is 0 Å². The van der Waals surface area contributed by atoms with E-state index in [1.807, 2.05) is 43.3 Å². The van der Waals surface area contributed by atoms with Crippen molar-refractivity contribution in [1.29, 1.82) is 0 Å². The molecule has 0 amide bonds. The van der Waals surface area contributed by atoms with Crippen molar-refractivity contribution in [1.82, 2.24) is 10.3 Å². The summed E-state index contributed by atoms with van der Waals surface area (Å²) >= 11 is 0. The van der Waals surface area contributed by atoms with Gasteiger partial charge < -0.3 is 14.8 Å². The second-order valence-corrected chi connectivity index (χ2v) is 4.56. The third-order valence-corrected chi connectivity index (χ3v) is 2.85. The van der Waals surface area contributed by atoms with Crippen LogP contribution in [0.2, 0.25) is 0 Å². The minimum absolute atomic E-state index is 0.642. The van der Waals surface area contributed by atoms with Crippen LogP contribution >= 0.6 is 0 Å². The van der Waals surface area contributed by atoms with Gasteiger partial charge in [0.25, 0.3) is 0 Å². The van der Waals surface area contributed by atoms with Crippen molar-refractivity contribution in [2.24, 2.45) is 0 Å². The predicted octanol–water partition coefficient (Wildman–Crippen LogP) is 2.92. The zero-order valence-corrected chi connectivity index (χ0v) is 11.9. The molecule has 0 bridgehead atoms. The van der Waals surface area contributed by atoms with Crippen molar-refractivity contribution in [3.8, 4) is 11.6 Å². The number of methoxy groups -OCH3 is 1. The minimum atomic E-state index is 0.642. The molecule has 20 heavy (non-hydrogen) atoms. The number of hydrogen-bond acceptors (Lipinski definition) is 4. The van der Waals surface area contributed by atoms with Crippen LogP contribution in [-0.2, 0) is 11.3 Å². The standard InChI is InChI=1S/C16H20N2O2/c1-13-5-3-7-15(11-13)20-16-14(6-4-8-18-16)12-17-9-10-19-2/h3-8,11,17H,9-10,12H2,1-2H3. The first kappa shape index (κ1) is 14.5. The Labute approximate surface area is 119 Å². The monoisotopic (exact) mass is 272 g/mol. The first-order valence-electron chi connectivity index (χ1n) is 6.67. The van der Waals surface area contributed by atoms with Gasteiger partial charge in [-0.3, -0.25) is 0 Å². The molecule has 0 atom stereocenters. The Morgan fingerprint density at radius 3 is 2.90 bits per heavy atom. The molecule has 1 N–H and O–H groups in total. The van der Waals surface area contributed by atoms with E-state index in [4.69, 9.17) is 9.47 Å². The Balaban J connectivity index is 2.03. The topological polar surface area (TPSA) is 43.4 Å². The van der Waals surface area contributed by atoms with E-state index in [1.54, 1.807) is 13.3 Å². The van der Waals surface area contributed by atoms with E-state index < -0.39 is 0 Å². The molecular weight excluding hydrogens is 252 g/mol. The number of ether oxygens (including phenoxy) is 2. The van der Waals surface area contributed by atoms with Gasteiger partial charge in [0.05, 0.1) is 6.61 Å². The second kappa shape index (κ2) is 7.62. The summed E-state index contributed by atoms with van der Waals surface area (Å²) in [5.74, 6) is 1.45. The highest BCUT2D eigenvalue weighted by atomic mass is 16.5. The van der Waals surface area contributed by atoms with Crippen molar-refractivity contribution in [2.45, 2.75) is 13.5 Å². The Bertz CT molecular complexity index is 544. The van der Waals surface area contributed by atoms with Gasteiger partial charge in [-0.15, -0.1) is 0 Å². The van der Waals surface area contributed by atoms with E-state index in [0.717, 1.165) is 17.9 Å². The molecule has 0 saturated carbocycles. The van der Waals surface area contributed by atoms with Crippen molar-refractivity contribution >= 4 is 0 Å². The van der Waals surface area contributed by atoms with E-state index in [2.05, 4.69) is 10.3 Å². The molecule has 1 heterocycles. The number of benzene rings is 1. The lowest BCUT2D eigenvalue weighted by Gasteiger charge is -2.11. The van der Waals surface area contributed by atoms with Crippen LogP contribution < -0.4 is 10.1 Å². The number of nitrogens with zero attached hydrogens (tertiary/aromatic N) is 1. The average molecular weight is 272 g/mol. The van der Waals surface area contributed by atoms with Crippen LogP contribution in [0.15, 0.2) is 42.6 Å². The third-order valence-electron chi connectivity index (χ3n) is 2.85. The largest absolute Gasteiger partial charge is 0.439 e. The van der Waals surface area contributed by atoms with Crippen LogP contribution in [0.5, 0.6) is 11.6 Å². The molecule has 0 unspecified atom stereocenters. The molecule has 106 valence electrons. The molecule has 0 aliphatic rings. The zero-order valence-electron chi connectivity index (χ0n) is 11.9. The third kappa shape index (κ3) is 4.33. The summed E-state index contributed by atoms with van der Waals surface area (Å²) in [4.78, 5) is 4.31. The molecule has 1 aromatic heterocycles. The molecule has 0 aliphatic carbocycles. The van der Waals surface area contributed by atoms with E-state index in [9.17, 15) is 0 Å². The van der Waals surface area contributed by atoms with E-state index >= 15 is 0 Å². The van der Waals surface area contributed by atoms with Gasteiger partial charge in [0, 0.05) is 32.0 Å². The summed E-state index contributed by atoms with van der Waals surface area (Å²) in [6, 6.07) is 11.9. The van der Waals surface area contributed by atoms with E-state index in [-0.39, 0.29) is 0 Å². The lowest BCUT2D eigenvalue weighted by atomic mass is 10.2. The highest BCUT2D eigenvalue weighted by Crippen LogP contribution is 2.23. The van der Waals surface area contributed by atoms with Crippen LogP contribution in [0.1, 0.15) is 11.1 Å². The maximum atomic E-state index is 5.86. The van der Waals surface area contributed by atoms with E-state index in [0.29, 0.717) is 19.0 Å². The Hall–Kier alpha value is -1.91. The van der Waals surface area contributed by atoms with Crippen molar-refractivity contribution < 1.29 is 9.47 Å². The van der Waals surface area contributed by atoms with Crippen molar-refractivity contribution in [2.75, 3.05) is 20.3 Å². The van der Waals surface area contributed by atoms with Gasteiger partial charge in [-0.25, -0.2) is 4.98 Å². The molecule has 0 radical (unpaired) electrons. The fraction of sp³-hybridized carbons (Fsp3) is 0.312. The summed E-state index contributed by atoms with van der Waals surface area (Å²) in [6.07, 6.45) is 1.74. The summed E-state index contributed by atoms with van der Waals surface area (Å²) in [7, 11) is 1.69. The van der Waals surface area contributed by atoms with Gasteiger partial charge in [0.15, 0.2) is 0 Å². The minimum Gasteiger partial charge on any atom is -0.439 e. The maximum absolute atomic E-state index is 5.86. The van der Waals surface area contributed by atoms with Crippen LogP contribution in [0.4, 0.5) is 0 Å². The summed E-state index contributed by atoms with van der Waals surface area (Å²) in [6.45, 7) is 4.24. The molecule has 4 nitrogen and oxygen atoms in total. The van der Waals surface area contributed by atoms with Gasteiger partial charge in [0.1, 0.15) is 5.75 Å². The number of hydrogen-bond donors (Lipinski definition) is 1. The molecule has 0 aliphatic heterocycles. The first-order valence-corrected chi connectivity index (χ1v) is 6.67. The lowest BCUT2D eigenvalue weighted by molar-refractivity contribution is 0.199. The predicted molar refractivity (Wildman–Crippen MR) is 79.1 cm³/mol. The number of nitrogens with one attached hydrogen (secondary N) is 1. The molecule has 0 fully saturated rings. The SMILES string of the molecule is COCCNCc1cccnc1Oc1cccc(C)c1. The van der Waals surface area contributed by atoms with Gasteiger partial charge in [-0.2, -0.15) is 0 Å². The highest BCUT2D eigenvalue weighted by molar-refractivity contribution is 5.34. The van der Waals surface area contributed by atoms with Crippen LogP contribution in [0, 0.1) is 6.92 Å². The highest BCUT2D eigenvalue weighted by Gasteiger charge is 2.05. The fourth-order valence-electron chi connectivity index (χ4n) is 1.84. The van der Waals surface area contributed by atoms with Crippen molar-refractivity contribution in [3.63, 3.8) is 0 Å². The molecule has 0 saturated heterocycles. The fourth-order valence-corrected chi connectivity index (χ4v) is 1.84. The summed E-state index contributed by atoms with van der Waals surface area (Å²) < 4.78 is 10.9. The molecule has 0 spiro atoms.